The van der Waals surface area contributed by atoms with Crippen molar-refractivity contribution in [1.82, 2.24) is 15.2 Å². The van der Waals surface area contributed by atoms with Crippen molar-refractivity contribution in [3.8, 4) is 5.75 Å². The summed E-state index contributed by atoms with van der Waals surface area (Å²) in [4.78, 5) is 30.4. The summed E-state index contributed by atoms with van der Waals surface area (Å²) in [6, 6.07) is 10.7. The summed E-state index contributed by atoms with van der Waals surface area (Å²) in [5.41, 5.74) is -0.458. The summed E-state index contributed by atoms with van der Waals surface area (Å²) in [5, 5.41) is 2.63. The molecule has 0 spiro atoms. The zero-order valence-electron chi connectivity index (χ0n) is 15.9. The highest BCUT2D eigenvalue weighted by Crippen LogP contribution is 2.26. The molecule has 28 heavy (non-hydrogen) atoms. The van der Waals surface area contributed by atoms with Crippen molar-refractivity contribution in [3.63, 3.8) is 0 Å². The maximum Gasteiger partial charge on any atom is 0.259 e. The molecule has 1 unspecified atom stereocenters. The number of methoxy groups -OCH3 is 1. The van der Waals surface area contributed by atoms with Crippen LogP contribution in [0.15, 0.2) is 48.8 Å². The predicted octanol–water partition coefficient (Wildman–Crippen LogP) is 2.28. The largest absolute Gasteiger partial charge is 0.497 e. The Labute approximate surface area is 163 Å². The van der Waals surface area contributed by atoms with Gasteiger partial charge in [0.15, 0.2) is 0 Å². The van der Waals surface area contributed by atoms with Gasteiger partial charge < -0.3 is 15.0 Å². The smallest absolute Gasteiger partial charge is 0.259 e. The first-order valence-electron chi connectivity index (χ1n) is 9.27. The molecule has 3 rings (SSSR count). The number of halogens is 1. The minimum Gasteiger partial charge on any atom is -0.497 e. The van der Waals surface area contributed by atoms with Crippen LogP contribution in [0, 0.1) is 0 Å². The Morgan fingerprint density at radius 1 is 1.25 bits per heavy atom. The molecule has 2 amide bonds. The van der Waals surface area contributed by atoms with E-state index in [-0.39, 0.29) is 31.8 Å². The minimum absolute atomic E-state index is 0.109. The molecule has 0 bridgehead atoms. The molecule has 0 aliphatic carbocycles. The molecule has 1 N–H and O–H groups in total. The molecule has 7 heteroatoms. The molecule has 2 aromatic rings. The minimum atomic E-state index is -2.07. The molecular formula is C21H24FN3O3. The first-order valence-corrected chi connectivity index (χ1v) is 9.27. The van der Waals surface area contributed by atoms with Crippen molar-refractivity contribution in [3.05, 3.63) is 59.9 Å². The number of pyridine rings is 1. The molecule has 0 radical (unpaired) electrons. The van der Waals surface area contributed by atoms with Gasteiger partial charge in [0.2, 0.25) is 11.6 Å². The number of carbonyl (C=O) groups excluding carboxylic acids is 2. The van der Waals surface area contributed by atoms with Crippen molar-refractivity contribution in [2.24, 2.45) is 0 Å². The number of amides is 2. The van der Waals surface area contributed by atoms with Gasteiger partial charge in [-0.2, -0.15) is 0 Å². The predicted molar refractivity (Wildman–Crippen MR) is 102 cm³/mol. The standard InChI is InChI=1S/C21H24FN3O3/c1-28-18-7-5-16(6-8-18)12-19(26)25-11-3-9-21(22,15-25)20(27)24-14-17-4-2-10-23-13-17/h2,4-8,10,13H,3,9,11-12,14-15H2,1H3,(H,24,27). The highest BCUT2D eigenvalue weighted by atomic mass is 19.1. The van der Waals surface area contributed by atoms with Crippen LogP contribution in [0.2, 0.25) is 0 Å². The summed E-state index contributed by atoms with van der Waals surface area (Å²) >= 11 is 0. The van der Waals surface area contributed by atoms with E-state index in [0.29, 0.717) is 18.7 Å². The summed E-state index contributed by atoms with van der Waals surface area (Å²) in [7, 11) is 1.58. The Balaban J connectivity index is 1.58. The van der Waals surface area contributed by atoms with Crippen LogP contribution in [0.4, 0.5) is 4.39 Å². The average Bonchev–Trinajstić information content (AvgIpc) is 2.73. The number of piperidine rings is 1. The fraction of sp³-hybridized carbons (Fsp3) is 0.381. The molecule has 1 aromatic carbocycles. The molecular weight excluding hydrogens is 361 g/mol. The number of aromatic nitrogens is 1. The second-order valence-electron chi connectivity index (χ2n) is 6.95. The first-order chi connectivity index (χ1) is 13.5. The topological polar surface area (TPSA) is 71.5 Å². The van der Waals surface area contributed by atoms with Crippen LogP contribution in [0.25, 0.3) is 0 Å². The van der Waals surface area contributed by atoms with E-state index in [4.69, 9.17) is 4.74 Å². The number of alkyl halides is 1. The molecule has 148 valence electrons. The number of likely N-dealkylation sites (tertiary alicyclic amines) is 1. The van der Waals surface area contributed by atoms with Gasteiger partial charge in [0, 0.05) is 25.5 Å². The molecule has 6 nitrogen and oxygen atoms in total. The lowest BCUT2D eigenvalue weighted by atomic mass is 9.93. The van der Waals surface area contributed by atoms with Crippen molar-refractivity contribution in [2.75, 3.05) is 20.2 Å². The van der Waals surface area contributed by atoms with Crippen LogP contribution in [0.3, 0.4) is 0 Å². The van der Waals surface area contributed by atoms with Crippen LogP contribution in [-0.2, 0) is 22.6 Å². The van der Waals surface area contributed by atoms with Gasteiger partial charge in [0.25, 0.3) is 5.91 Å². The number of nitrogens with one attached hydrogen (secondary N) is 1. The third kappa shape index (κ3) is 4.85. The van der Waals surface area contributed by atoms with Crippen LogP contribution in [0.5, 0.6) is 5.75 Å². The number of carbonyl (C=O) groups is 2. The van der Waals surface area contributed by atoms with Gasteiger partial charge in [0.1, 0.15) is 5.75 Å². The van der Waals surface area contributed by atoms with Crippen LogP contribution < -0.4 is 10.1 Å². The van der Waals surface area contributed by atoms with Gasteiger partial charge in [0.05, 0.1) is 20.1 Å². The summed E-state index contributed by atoms with van der Waals surface area (Å²) < 4.78 is 20.4. The number of benzene rings is 1. The highest BCUT2D eigenvalue weighted by molar-refractivity contribution is 5.87. The van der Waals surface area contributed by atoms with Crippen molar-refractivity contribution >= 4 is 11.8 Å². The molecule has 1 aliphatic rings. The molecule has 1 aromatic heterocycles. The lowest BCUT2D eigenvalue weighted by Crippen LogP contribution is -2.55. The monoisotopic (exact) mass is 385 g/mol. The van der Waals surface area contributed by atoms with Crippen molar-refractivity contribution < 1.29 is 18.7 Å². The Bertz CT molecular complexity index is 813. The van der Waals surface area contributed by atoms with Gasteiger partial charge >= 0.3 is 0 Å². The van der Waals surface area contributed by atoms with Crippen molar-refractivity contribution in [2.45, 2.75) is 31.5 Å². The average molecular weight is 385 g/mol. The van der Waals surface area contributed by atoms with Crippen LogP contribution in [0.1, 0.15) is 24.0 Å². The third-order valence-electron chi connectivity index (χ3n) is 4.89. The zero-order chi connectivity index (χ0) is 20.0. The number of rotatable bonds is 6. The number of ether oxygens (including phenoxy) is 1. The van der Waals surface area contributed by atoms with Crippen molar-refractivity contribution in [1.29, 1.82) is 0 Å². The lowest BCUT2D eigenvalue weighted by Gasteiger charge is -2.36. The molecule has 1 atom stereocenters. The van der Waals surface area contributed by atoms with E-state index in [9.17, 15) is 9.59 Å². The van der Waals surface area contributed by atoms with E-state index < -0.39 is 11.6 Å². The van der Waals surface area contributed by atoms with E-state index in [1.54, 1.807) is 37.7 Å². The van der Waals surface area contributed by atoms with Gasteiger partial charge in [-0.1, -0.05) is 18.2 Å². The SMILES string of the molecule is COc1ccc(CC(=O)N2CCCC(F)(C(=O)NCc3cccnc3)C2)cc1. The quantitative estimate of drug-likeness (QED) is 0.828. The van der Waals surface area contributed by atoms with E-state index in [2.05, 4.69) is 10.3 Å². The summed E-state index contributed by atoms with van der Waals surface area (Å²) in [5.74, 6) is -0.160. The normalized spacial score (nSPS) is 19.1. The Morgan fingerprint density at radius 2 is 2.04 bits per heavy atom. The third-order valence-corrected chi connectivity index (χ3v) is 4.89. The molecule has 2 heterocycles. The van der Waals surface area contributed by atoms with Gasteiger partial charge in [-0.05, 0) is 42.2 Å². The number of hydrogen-bond acceptors (Lipinski definition) is 4. The Morgan fingerprint density at radius 3 is 2.71 bits per heavy atom. The van der Waals surface area contributed by atoms with E-state index in [1.807, 2.05) is 18.2 Å². The van der Waals surface area contributed by atoms with Gasteiger partial charge in [-0.15, -0.1) is 0 Å². The molecule has 1 fully saturated rings. The van der Waals surface area contributed by atoms with Gasteiger partial charge in [-0.3, -0.25) is 14.6 Å². The van der Waals surface area contributed by atoms with Crippen LogP contribution >= 0.6 is 0 Å². The van der Waals surface area contributed by atoms with Crippen LogP contribution in [-0.4, -0.2) is 47.6 Å². The molecule has 0 saturated carbocycles. The fourth-order valence-electron chi connectivity index (χ4n) is 3.28. The van der Waals surface area contributed by atoms with Gasteiger partial charge in [-0.25, -0.2) is 4.39 Å². The van der Waals surface area contributed by atoms with E-state index in [0.717, 1.165) is 11.1 Å². The Kier molecular flexibility index (Phi) is 6.23. The van der Waals surface area contributed by atoms with E-state index >= 15 is 4.39 Å². The maximum absolute atomic E-state index is 15.3. The highest BCUT2D eigenvalue weighted by Gasteiger charge is 2.43. The summed E-state index contributed by atoms with van der Waals surface area (Å²) in [6.45, 7) is 0.440. The first kappa shape index (κ1) is 19.8. The Hall–Kier alpha value is -2.96. The second-order valence-corrected chi connectivity index (χ2v) is 6.95. The second kappa shape index (κ2) is 8.82. The number of nitrogens with zero attached hydrogens (tertiary/aromatic N) is 2. The number of hydrogen-bond donors (Lipinski definition) is 1. The zero-order valence-corrected chi connectivity index (χ0v) is 15.9. The maximum atomic E-state index is 15.3. The summed E-state index contributed by atoms with van der Waals surface area (Å²) in [6.07, 6.45) is 3.98. The van der Waals surface area contributed by atoms with E-state index in [1.165, 1.54) is 4.90 Å². The molecule has 1 saturated heterocycles. The molecule has 1 aliphatic heterocycles. The fourth-order valence-corrected chi connectivity index (χ4v) is 3.28. The lowest BCUT2D eigenvalue weighted by molar-refractivity contribution is -0.143.